The summed E-state index contributed by atoms with van der Waals surface area (Å²) in [7, 11) is 0. The monoisotopic (exact) mass is 618 g/mol. The predicted molar refractivity (Wildman–Crippen MR) is 165 cm³/mol. The van der Waals surface area contributed by atoms with E-state index in [2.05, 4.69) is 62.7 Å². The van der Waals surface area contributed by atoms with E-state index in [0.717, 1.165) is 66.1 Å². The molecule has 41 heavy (non-hydrogen) atoms. The average molecular weight is 620 g/mol. The first-order valence-electron chi connectivity index (χ1n) is 15.2. The number of allylic oxidation sites excluding steroid dienone is 7. The van der Waals surface area contributed by atoms with Gasteiger partial charge in [0.15, 0.2) is 5.76 Å². The molecule has 3 fully saturated rings. The molecule has 3 saturated carbocycles. The molecule has 6 atom stereocenters. The fourth-order valence-electron chi connectivity index (χ4n) is 9.55. The van der Waals surface area contributed by atoms with Gasteiger partial charge in [0.2, 0.25) is 5.78 Å². The summed E-state index contributed by atoms with van der Waals surface area (Å²) in [4.78, 5) is 26.4. The van der Waals surface area contributed by atoms with Crippen LogP contribution in [-0.2, 0) is 20.9 Å². The van der Waals surface area contributed by atoms with E-state index in [9.17, 15) is 14.7 Å². The molecule has 0 unspecified atom stereocenters. The number of halogens is 1. The van der Waals surface area contributed by atoms with Crippen LogP contribution in [0.2, 0.25) is 0 Å². The lowest BCUT2D eigenvalue weighted by Gasteiger charge is -2.70. The molecule has 0 amide bonds. The first-order chi connectivity index (χ1) is 19.2. The van der Waals surface area contributed by atoms with E-state index in [1.165, 1.54) is 5.57 Å². The SMILES string of the molecule is CC1=C(O)C(=O)C=C2C1=CC=C1[C@@]2(C)CC[C@@]2(C)[C@@H]3C[C@](C)(C(=O)OCc4ccc(Br)cc4)CC[C@]3(C)CC[C@]12C. The minimum absolute atomic E-state index is 0.0105. The van der Waals surface area contributed by atoms with Gasteiger partial charge in [-0.15, -0.1) is 0 Å². The second-order valence-electron chi connectivity index (χ2n) is 14.8. The molecular formula is C36H43BrO4. The van der Waals surface area contributed by atoms with Gasteiger partial charge in [-0.25, -0.2) is 0 Å². The van der Waals surface area contributed by atoms with Crippen molar-refractivity contribution in [3.8, 4) is 0 Å². The maximum atomic E-state index is 13.7. The van der Waals surface area contributed by atoms with Gasteiger partial charge in [0.25, 0.3) is 0 Å². The summed E-state index contributed by atoms with van der Waals surface area (Å²) in [5.74, 6) is -0.0987. The minimum atomic E-state index is -0.507. The summed E-state index contributed by atoms with van der Waals surface area (Å²) in [6, 6.07) is 7.95. The highest BCUT2D eigenvalue weighted by atomic mass is 79.9. The summed E-state index contributed by atoms with van der Waals surface area (Å²) in [5.41, 5.74) is 4.56. The van der Waals surface area contributed by atoms with Crippen molar-refractivity contribution in [2.24, 2.45) is 33.0 Å². The average Bonchev–Trinajstić information content (AvgIpc) is 2.94. The third kappa shape index (κ3) is 4.04. The van der Waals surface area contributed by atoms with Gasteiger partial charge >= 0.3 is 5.97 Å². The fraction of sp³-hybridized carbons (Fsp3) is 0.556. The second kappa shape index (κ2) is 9.30. The number of aliphatic hydroxyl groups is 1. The molecule has 6 rings (SSSR count). The number of fused-ring (bicyclic) bond motifs is 7. The van der Waals surface area contributed by atoms with Crippen LogP contribution >= 0.6 is 15.9 Å². The van der Waals surface area contributed by atoms with Crippen molar-refractivity contribution >= 4 is 27.7 Å². The zero-order valence-electron chi connectivity index (χ0n) is 25.3. The Labute approximate surface area is 253 Å². The van der Waals surface area contributed by atoms with Crippen LogP contribution in [0, 0.1) is 33.0 Å². The van der Waals surface area contributed by atoms with Gasteiger partial charge in [0, 0.05) is 15.5 Å². The number of benzene rings is 1. The van der Waals surface area contributed by atoms with Crippen LogP contribution in [0.4, 0.5) is 0 Å². The van der Waals surface area contributed by atoms with E-state index < -0.39 is 5.41 Å². The smallest absolute Gasteiger partial charge is 0.312 e. The quantitative estimate of drug-likeness (QED) is 0.343. The van der Waals surface area contributed by atoms with Crippen LogP contribution < -0.4 is 0 Å². The Morgan fingerprint density at radius 1 is 0.976 bits per heavy atom. The molecule has 1 aromatic rings. The Balaban J connectivity index is 1.33. The Morgan fingerprint density at radius 3 is 2.37 bits per heavy atom. The van der Waals surface area contributed by atoms with Crippen LogP contribution in [0.15, 0.2) is 75.0 Å². The molecule has 4 nitrogen and oxygen atoms in total. The summed E-state index contributed by atoms with van der Waals surface area (Å²) < 4.78 is 6.98. The van der Waals surface area contributed by atoms with Crippen molar-refractivity contribution in [2.45, 2.75) is 93.1 Å². The molecule has 0 bridgehead atoms. The van der Waals surface area contributed by atoms with E-state index in [1.807, 2.05) is 31.2 Å². The van der Waals surface area contributed by atoms with Crippen molar-refractivity contribution in [3.05, 3.63) is 80.6 Å². The van der Waals surface area contributed by atoms with Gasteiger partial charge < -0.3 is 9.84 Å². The number of hydrogen-bond acceptors (Lipinski definition) is 4. The molecule has 1 N–H and O–H groups in total. The van der Waals surface area contributed by atoms with E-state index in [4.69, 9.17) is 4.74 Å². The van der Waals surface area contributed by atoms with Gasteiger partial charge in [-0.2, -0.15) is 0 Å². The van der Waals surface area contributed by atoms with Crippen LogP contribution in [0.1, 0.15) is 92.1 Å². The molecular weight excluding hydrogens is 576 g/mol. The van der Waals surface area contributed by atoms with E-state index in [-0.39, 0.29) is 39.2 Å². The van der Waals surface area contributed by atoms with Gasteiger partial charge in [-0.1, -0.05) is 73.5 Å². The lowest BCUT2D eigenvalue weighted by atomic mass is 9.34. The first-order valence-corrected chi connectivity index (χ1v) is 16.0. The molecule has 5 heteroatoms. The fourth-order valence-corrected chi connectivity index (χ4v) is 9.81. The van der Waals surface area contributed by atoms with E-state index in [1.54, 1.807) is 6.08 Å². The maximum Gasteiger partial charge on any atom is 0.312 e. The number of carbonyl (C=O) groups is 2. The first kappa shape index (κ1) is 28.7. The van der Waals surface area contributed by atoms with Gasteiger partial charge in [-0.3, -0.25) is 9.59 Å². The second-order valence-corrected chi connectivity index (χ2v) is 15.7. The molecule has 0 saturated heterocycles. The van der Waals surface area contributed by atoms with Crippen LogP contribution in [0.3, 0.4) is 0 Å². The molecule has 218 valence electrons. The molecule has 0 spiro atoms. The lowest BCUT2D eigenvalue weighted by molar-refractivity contribution is -0.183. The largest absolute Gasteiger partial charge is 0.504 e. The summed E-state index contributed by atoms with van der Waals surface area (Å²) in [6.07, 6.45) is 13.1. The van der Waals surface area contributed by atoms with Crippen molar-refractivity contribution in [3.63, 3.8) is 0 Å². The van der Waals surface area contributed by atoms with Crippen LogP contribution in [0.25, 0.3) is 0 Å². The summed E-state index contributed by atoms with van der Waals surface area (Å²) in [6.45, 7) is 14.0. The molecule has 0 aliphatic heterocycles. The summed E-state index contributed by atoms with van der Waals surface area (Å²) in [5, 5.41) is 10.4. The highest BCUT2D eigenvalue weighted by Crippen LogP contribution is 2.75. The van der Waals surface area contributed by atoms with Crippen molar-refractivity contribution in [1.82, 2.24) is 0 Å². The topological polar surface area (TPSA) is 63.6 Å². The molecule has 1 aromatic carbocycles. The zero-order chi connectivity index (χ0) is 29.6. The highest BCUT2D eigenvalue weighted by molar-refractivity contribution is 9.10. The highest BCUT2D eigenvalue weighted by Gasteiger charge is 2.67. The number of aliphatic hydroxyl groups excluding tert-OH is 1. The van der Waals surface area contributed by atoms with Crippen molar-refractivity contribution in [1.29, 1.82) is 0 Å². The zero-order valence-corrected chi connectivity index (χ0v) is 26.9. The molecule has 0 heterocycles. The Hall–Kier alpha value is -2.40. The minimum Gasteiger partial charge on any atom is -0.504 e. The third-order valence-corrected chi connectivity index (χ3v) is 13.2. The van der Waals surface area contributed by atoms with E-state index in [0.29, 0.717) is 18.1 Å². The molecule has 5 aliphatic rings. The number of hydrogen-bond donors (Lipinski definition) is 1. The van der Waals surface area contributed by atoms with E-state index >= 15 is 0 Å². The number of ether oxygens (including phenoxy) is 1. The normalized spacial score (nSPS) is 39.8. The number of rotatable bonds is 3. The molecule has 0 aromatic heterocycles. The summed E-state index contributed by atoms with van der Waals surface area (Å²) >= 11 is 3.48. The van der Waals surface area contributed by atoms with Gasteiger partial charge in [-0.05, 0) is 116 Å². The Morgan fingerprint density at radius 2 is 1.66 bits per heavy atom. The number of esters is 1. The van der Waals surface area contributed by atoms with Crippen LogP contribution in [0.5, 0.6) is 0 Å². The predicted octanol–water partition coefficient (Wildman–Crippen LogP) is 9.12. The van der Waals surface area contributed by atoms with Crippen molar-refractivity contribution in [2.75, 3.05) is 0 Å². The van der Waals surface area contributed by atoms with Crippen molar-refractivity contribution < 1.29 is 19.4 Å². The molecule has 5 aliphatic carbocycles. The maximum absolute atomic E-state index is 13.7. The van der Waals surface area contributed by atoms with Gasteiger partial charge in [0.1, 0.15) is 6.61 Å². The number of ketones is 1. The lowest BCUT2D eigenvalue weighted by Crippen LogP contribution is -2.62. The number of carbonyl (C=O) groups excluding carboxylic acids is 2. The Kier molecular flexibility index (Phi) is 6.51. The van der Waals surface area contributed by atoms with Crippen LogP contribution in [-0.4, -0.2) is 16.9 Å². The Bertz CT molecular complexity index is 1460. The van der Waals surface area contributed by atoms with Gasteiger partial charge in [0.05, 0.1) is 5.41 Å². The molecule has 0 radical (unpaired) electrons. The third-order valence-electron chi connectivity index (χ3n) is 12.6. The standard InChI is InChI=1S/C36H43BrO4/c1-22-25-11-12-28-34(4,26(25)19-27(38)30(22)39)16-18-36(6)29-20-33(3,14-13-32(29,2)15-17-35(28,36)5)31(40)41-21-23-7-9-24(37)10-8-23/h7-12,19,29,39H,13-18,20-21H2,1-6H3/t29-,32-,33-,34+,35-,36+/m1/s1.